The van der Waals surface area contributed by atoms with E-state index in [1.807, 2.05) is 38.1 Å². The van der Waals surface area contributed by atoms with Crippen LogP contribution in [-0.2, 0) is 0 Å². The highest BCUT2D eigenvalue weighted by atomic mass is 16.1. The van der Waals surface area contributed by atoms with E-state index in [2.05, 4.69) is 27.5 Å². The summed E-state index contributed by atoms with van der Waals surface area (Å²) in [7, 11) is 0. The number of hydrogen-bond acceptors (Lipinski definition) is 4. The third-order valence-corrected chi connectivity index (χ3v) is 3.43. The first kappa shape index (κ1) is 16.9. The second-order valence-electron chi connectivity index (χ2n) is 5.68. The summed E-state index contributed by atoms with van der Waals surface area (Å²) in [6.45, 7) is 6.83. The number of aromatic nitrogens is 2. The largest absolute Gasteiger partial charge is 0.354 e. The normalized spacial score (nSPS) is 10.4. The molecule has 0 atom stereocenters. The molecule has 2 rings (SSSR count). The molecule has 0 saturated heterocycles. The second-order valence-corrected chi connectivity index (χ2v) is 5.68. The third-order valence-electron chi connectivity index (χ3n) is 3.43. The Morgan fingerprint density at radius 2 is 1.96 bits per heavy atom. The number of aryl methyl sites for hydroxylation is 2. The molecule has 0 fully saturated rings. The van der Waals surface area contributed by atoms with Crippen molar-refractivity contribution in [2.24, 2.45) is 0 Å². The SMILES string of the molecule is CCCCCNc1nc(C)cc(C(=O)Nc2cccc(C)c2)n1. The van der Waals surface area contributed by atoms with Crippen LogP contribution in [0.3, 0.4) is 0 Å². The summed E-state index contributed by atoms with van der Waals surface area (Å²) in [5.74, 6) is 0.285. The highest BCUT2D eigenvalue weighted by molar-refractivity contribution is 6.03. The lowest BCUT2D eigenvalue weighted by Crippen LogP contribution is -2.16. The summed E-state index contributed by atoms with van der Waals surface area (Å²) in [5.41, 5.74) is 3.01. The molecule has 0 aliphatic carbocycles. The van der Waals surface area contributed by atoms with Crippen molar-refractivity contribution in [1.29, 1.82) is 0 Å². The van der Waals surface area contributed by atoms with Gasteiger partial charge in [0.15, 0.2) is 0 Å². The van der Waals surface area contributed by atoms with E-state index >= 15 is 0 Å². The number of nitrogens with one attached hydrogen (secondary N) is 2. The molecule has 2 N–H and O–H groups in total. The van der Waals surface area contributed by atoms with Gasteiger partial charge in [-0.2, -0.15) is 0 Å². The van der Waals surface area contributed by atoms with Crippen LogP contribution in [0.1, 0.15) is 47.9 Å². The first-order valence-electron chi connectivity index (χ1n) is 8.06. The highest BCUT2D eigenvalue weighted by Crippen LogP contribution is 2.12. The zero-order chi connectivity index (χ0) is 16.7. The zero-order valence-electron chi connectivity index (χ0n) is 14.0. The molecule has 1 heterocycles. The number of hydrogen-bond donors (Lipinski definition) is 2. The molecular weight excluding hydrogens is 288 g/mol. The van der Waals surface area contributed by atoms with Gasteiger partial charge in [0.2, 0.25) is 5.95 Å². The molecule has 1 aromatic carbocycles. The van der Waals surface area contributed by atoms with Crippen molar-refractivity contribution in [3.8, 4) is 0 Å². The van der Waals surface area contributed by atoms with Gasteiger partial charge in [0, 0.05) is 17.9 Å². The van der Waals surface area contributed by atoms with Crippen LogP contribution in [0.4, 0.5) is 11.6 Å². The van der Waals surface area contributed by atoms with Crippen molar-refractivity contribution in [1.82, 2.24) is 9.97 Å². The number of nitrogens with zero attached hydrogens (tertiary/aromatic N) is 2. The lowest BCUT2D eigenvalue weighted by molar-refractivity contribution is 0.102. The Morgan fingerprint density at radius 1 is 1.13 bits per heavy atom. The van der Waals surface area contributed by atoms with E-state index < -0.39 is 0 Å². The lowest BCUT2D eigenvalue weighted by atomic mass is 10.2. The molecule has 122 valence electrons. The maximum Gasteiger partial charge on any atom is 0.274 e. The predicted molar refractivity (Wildman–Crippen MR) is 93.9 cm³/mol. The van der Waals surface area contributed by atoms with E-state index in [4.69, 9.17) is 0 Å². The topological polar surface area (TPSA) is 66.9 Å². The van der Waals surface area contributed by atoms with Crippen molar-refractivity contribution in [3.63, 3.8) is 0 Å². The van der Waals surface area contributed by atoms with Crippen molar-refractivity contribution in [2.45, 2.75) is 40.0 Å². The van der Waals surface area contributed by atoms with Gasteiger partial charge >= 0.3 is 0 Å². The number of carbonyl (C=O) groups is 1. The summed E-state index contributed by atoms with van der Waals surface area (Å²) >= 11 is 0. The molecule has 0 aliphatic rings. The molecule has 0 saturated carbocycles. The van der Waals surface area contributed by atoms with Crippen LogP contribution in [0.25, 0.3) is 0 Å². The number of benzene rings is 1. The van der Waals surface area contributed by atoms with E-state index in [9.17, 15) is 4.79 Å². The summed E-state index contributed by atoms with van der Waals surface area (Å²) in [6.07, 6.45) is 3.40. The fourth-order valence-corrected chi connectivity index (χ4v) is 2.26. The molecule has 5 nitrogen and oxygen atoms in total. The molecule has 0 spiro atoms. The van der Waals surface area contributed by atoms with Gasteiger partial charge in [0.25, 0.3) is 5.91 Å². The van der Waals surface area contributed by atoms with E-state index in [1.165, 1.54) is 12.8 Å². The van der Waals surface area contributed by atoms with Gasteiger partial charge in [-0.05, 0) is 44.0 Å². The summed E-state index contributed by atoms with van der Waals surface area (Å²) < 4.78 is 0. The number of anilines is 2. The van der Waals surface area contributed by atoms with Crippen LogP contribution < -0.4 is 10.6 Å². The Bertz CT molecular complexity index is 670. The molecule has 2 aromatic rings. The Labute approximate surface area is 137 Å². The fourth-order valence-electron chi connectivity index (χ4n) is 2.26. The van der Waals surface area contributed by atoms with E-state index in [0.717, 1.165) is 29.9 Å². The predicted octanol–water partition coefficient (Wildman–Crippen LogP) is 3.95. The molecule has 0 radical (unpaired) electrons. The van der Waals surface area contributed by atoms with Crippen LogP contribution in [0, 0.1) is 13.8 Å². The Kier molecular flexibility index (Phi) is 6.09. The van der Waals surface area contributed by atoms with Crippen LogP contribution in [0.5, 0.6) is 0 Å². The van der Waals surface area contributed by atoms with Gasteiger partial charge in [-0.25, -0.2) is 9.97 Å². The van der Waals surface area contributed by atoms with E-state index in [0.29, 0.717) is 11.6 Å². The molecule has 1 aromatic heterocycles. The minimum atomic E-state index is -0.224. The average Bonchev–Trinajstić information content (AvgIpc) is 2.51. The van der Waals surface area contributed by atoms with Crippen LogP contribution >= 0.6 is 0 Å². The van der Waals surface area contributed by atoms with Gasteiger partial charge in [-0.3, -0.25) is 4.79 Å². The maximum atomic E-state index is 12.4. The number of carbonyl (C=O) groups excluding carboxylic acids is 1. The third kappa shape index (κ3) is 5.36. The second kappa shape index (κ2) is 8.27. The minimum Gasteiger partial charge on any atom is -0.354 e. The molecule has 23 heavy (non-hydrogen) atoms. The molecule has 0 unspecified atom stereocenters. The van der Waals surface area contributed by atoms with Crippen molar-refractivity contribution >= 4 is 17.5 Å². The van der Waals surface area contributed by atoms with Crippen molar-refractivity contribution < 1.29 is 4.79 Å². The van der Waals surface area contributed by atoms with Gasteiger partial charge in [0.1, 0.15) is 5.69 Å². The Hall–Kier alpha value is -2.43. The number of rotatable bonds is 7. The fraction of sp³-hybridized carbons (Fsp3) is 0.389. The van der Waals surface area contributed by atoms with Crippen LogP contribution in [0.2, 0.25) is 0 Å². The summed E-state index contributed by atoms with van der Waals surface area (Å²) in [6, 6.07) is 9.39. The molecule has 5 heteroatoms. The van der Waals surface area contributed by atoms with Gasteiger partial charge in [-0.15, -0.1) is 0 Å². The van der Waals surface area contributed by atoms with Crippen LogP contribution in [0.15, 0.2) is 30.3 Å². The van der Waals surface area contributed by atoms with E-state index in [1.54, 1.807) is 6.07 Å². The van der Waals surface area contributed by atoms with Gasteiger partial charge in [0.05, 0.1) is 0 Å². The molecular formula is C18H24N4O. The number of unbranched alkanes of at least 4 members (excludes halogenated alkanes) is 2. The first-order chi connectivity index (χ1) is 11.1. The number of amides is 1. The lowest BCUT2D eigenvalue weighted by Gasteiger charge is -2.09. The zero-order valence-corrected chi connectivity index (χ0v) is 14.0. The standard InChI is InChI=1S/C18H24N4O/c1-4-5-6-10-19-18-20-14(3)12-16(22-18)17(23)21-15-9-7-8-13(2)11-15/h7-9,11-12H,4-6,10H2,1-3H3,(H,21,23)(H,19,20,22). The van der Waals surface area contributed by atoms with Gasteiger partial charge in [-0.1, -0.05) is 31.9 Å². The van der Waals surface area contributed by atoms with E-state index in [-0.39, 0.29) is 5.91 Å². The van der Waals surface area contributed by atoms with Crippen molar-refractivity contribution in [2.75, 3.05) is 17.2 Å². The summed E-state index contributed by atoms with van der Waals surface area (Å²) in [4.78, 5) is 21.0. The Balaban J connectivity index is 2.06. The molecule has 0 bridgehead atoms. The molecule has 0 aliphatic heterocycles. The monoisotopic (exact) mass is 312 g/mol. The average molecular weight is 312 g/mol. The van der Waals surface area contributed by atoms with Crippen LogP contribution in [-0.4, -0.2) is 22.4 Å². The van der Waals surface area contributed by atoms with Crippen molar-refractivity contribution in [3.05, 3.63) is 47.3 Å². The quantitative estimate of drug-likeness (QED) is 0.760. The summed E-state index contributed by atoms with van der Waals surface area (Å²) in [5, 5.41) is 6.06. The highest BCUT2D eigenvalue weighted by Gasteiger charge is 2.11. The Morgan fingerprint density at radius 3 is 2.70 bits per heavy atom. The minimum absolute atomic E-state index is 0.224. The smallest absolute Gasteiger partial charge is 0.274 e. The first-order valence-corrected chi connectivity index (χ1v) is 8.06. The van der Waals surface area contributed by atoms with Gasteiger partial charge < -0.3 is 10.6 Å². The maximum absolute atomic E-state index is 12.4. The molecule has 1 amide bonds.